The number of hydrogen-bond donors (Lipinski definition) is 1. The molecule has 0 unspecified atom stereocenters. The molecule has 3 heteroatoms. The molecule has 0 aliphatic carbocycles. The van der Waals surface area contributed by atoms with Crippen LogP contribution in [0.15, 0.2) is 0 Å². The van der Waals surface area contributed by atoms with E-state index in [0.29, 0.717) is 12.6 Å². The lowest BCUT2D eigenvalue weighted by Gasteiger charge is -2.24. The molecule has 0 bridgehead atoms. The number of hydrogen-bond acceptors (Lipinski definition) is 2. The highest BCUT2D eigenvalue weighted by Crippen LogP contribution is 2.09. The van der Waals surface area contributed by atoms with Gasteiger partial charge in [-0.25, -0.2) is 0 Å². The van der Waals surface area contributed by atoms with E-state index in [-0.39, 0.29) is 5.91 Å². The molecule has 1 saturated heterocycles. The van der Waals surface area contributed by atoms with Crippen LogP contribution in [0.5, 0.6) is 0 Å². The van der Waals surface area contributed by atoms with Gasteiger partial charge in [-0.05, 0) is 12.8 Å². The van der Waals surface area contributed by atoms with E-state index in [1.165, 1.54) is 0 Å². The molecule has 3 nitrogen and oxygen atoms in total. The van der Waals surface area contributed by atoms with Gasteiger partial charge < -0.3 is 4.90 Å². The molecular weight excluding hydrogens is 140 g/mol. The van der Waals surface area contributed by atoms with Crippen molar-refractivity contribution in [2.24, 2.45) is 0 Å². The Labute approximate surface area is 67.8 Å². The van der Waals surface area contributed by atoms with Crippen LogP contribution < -0.4 is 5.32 Å². The number of amides is 1. The third kappa shape index (κ3) is 1.71. The zero-order chi connectivity index (χ0) is 8.27. The number of carbonyl (C=O) groups excluding carboxylic acids is 1. The van der Waals surface area contributed by atoms with Crippen molar-refractivity contribution in [2.45, 2.75) is 32.7 Å². The summed E-state index contributed by atoms with van der Waals surface area (Å²) in [7, 11) is 0. The van der Waals surface area contributed by atoms with E-state index in [1.807, 2.05) is 4.90 Å². The summed E-state index contributed by atoms with van der Waals surface area (Å²) in [6, 6.07) is 0.442. The fraction of sp³-hybridized carbons (Fsp3) is 0.875. The number of nitrogens with zero attached hydrogens (tertiary/aromatic N) is 1. The first-order valence-corrected chi connectivity index (χ1v) is 4.29. The SMILES string of the molecule is CCC(CC)N1CNCC1=O. The molecule has 0 atom stereocenters. The van der Waals surface area contributed by atoms with E-state index in [4.69, 9.17) is 0 Å². The number of carbonyl (C=O) groups is 1. The van der Waals surface area contributed by atoms with Gasteiger partial charge >= 0.3 is 0 Å². The molecule has 1 aliphatic rings. The fourth-order valence-corrected chi connectivity index (χ4v) is 1.54. The number of rotatable bonds is 3. The zero-order valence-electron chi connectivity index (χ0n) is 7.26. The van der Waals surface area contributed by atoms with Gasteiger partial charge in [0.1, 0.15) is 0 Å². The summed E-state index contributed by atoms with van der Waals surface area (Å²) in [4.78, 5) is 13.1. The van der Waals surface area contributed by atoms with Gasteiger partial charge in [0.25, 0.3) is 0 Å². The fourth-order valence-electron chi connectivity index (χ4n) is 1.54. The summed E-state index contributed by atoms with van der Waals surface area (Å²) in [6.45, 7) is 5.52. The van der Waals surface area contributed by atoms with E-state index < -0.39 is 0 Å². The minimum absolute atomic E-state index is 0.249. The maximum Gasteiger partial charge on any atom is 0.237 e. The topological polar surface area (TPSA) is 32.3 Å². The van der Waals surface area contributed by atoms with Crippen LogP contribution in [0.4, 0.5) is 0 Å². The molecule has 0 aromatic carbocycles. The van der Waals surface area contributed by atoms with Gasteiger partial charge in [-0.2, -0.15) is 0 Å². The highest BCUT2D eigenvalue weighted by molar-refractivity contribution is 5.80. The zero-order valence-corrected chi connectivity index (χ0v) is 7.26. The Morgan fingerprint density at radius 1 is 1.55 bits per heavy atom. The molecule has 1 fully saturated rings. The lowest BCUT2D eigenvalue weighted by Crippen LogP contribution is -2.36. The predicted octanol–water partition coefficient (Wildman–Crippen LogP) is 0.564. The van der Waals surface area contributed by atoms with Crippen molar-refractivity contribution in [3.05, 3.63) is 0 Å². The van der Waals surface area contributed by atoms with Crippen molar-refractivity contribution in [3.8, 4) is 0 Å². The minimum atomic E-state index is 0.249. The first kappa shape index (κ1) is 8.53. The molecule has 0 aromatic rings. The molecule has 0 spiro atoms. The predicted molar refractivity (Wildman–Crippen MR) is 44.1 cm³/mol. The maximum atomic E-state index is 11.2. The quantitative estimate of drug-likeness (QED) is 0.647. The number of nitrogens with one attached hydrogen (secondary N) is 1. The third-order valence-electron chi connectivity index (χ3n) is 2.26. The largest absolute Gasteiger partial charge is 0.326 e. The highest BCUT2D eigenvalue weighted by Gasteiger charge is 2.24. The van der Waals surface area contributed by atoms with E-state index in [1.54, 1.807) is 0 Å². The van der Waals surface area contributed by atoms with Gasteiger partial charge in [-0.15, -0.1) is 0 Å². The normalized spacial score (nSPS) is 18.5. The second-order valence-corrected chi connectivity index (χ2v) is 2.92. The molecule has 11 heavy (non-hydrogen) atoms. The van der Waals surface area contributed by atoms with Crippen molar-refractivity contribution in [1.29, 1.82) is 0 Å². The van der Waals surface area contributed by atoms with Crippen molar-refractivity contribution in [3.63, 3.8) is 0 Å². The molecule has 1 rings (SSSR count). The smallest absolute Gasteiger partial charge is 0.237 e. The van der Waals surface area contributed by atoms with Gasteiger partial charge in [0.2, 0.25) is 5.91 Å². The van der Waals surface area contributed by atoms with Crippen molar-refractivity contribution in [2.75, 3.05) is 13.2 Å². The molecule has 1 amide bonds. The molecule has 1 aliphatic heterocycles. The van der Waals surface area contributed by atoms with Crippen LogP contribution in [0.1, 0.15) is 26.7 Å². The summed E-state index contributed by atoms with van der Waals surface area (Å²) in [6.07, 6.45) is 2.12. The average molecular weight is 156 g/mol. The standard InChI is InChI=1S/C8H16N2O/c1-3-7(4-2)10-6-9-5-8(10)11/h7,9H,3-6H2,1-2H3. The minimum Gasteiger partial charge on any atom is -0.326 e. The lowest BCUT2D eigenvalue weighted by atomic mass is 10.1. The Morgan fingerprint density at radius 2 is 2.18 bits per heavy atom. The van der Waals surface area contributed by atoms with E-state index >= 15 is 0 Å². The van der Waals surface area contributed by atoms with Crippen LogP contribution in [0, 0.1) is 0 Å². The van der Waals surface area contributed by atoms with E-state index in [9.17, 15) is 4.79 Å². The van der Waals surface area contributed by atoms with Gasteiger partial charge in [0.05, 0.1) is 13.2 Å². The Balaban J connectivity index is 2.49. The average Bonchev–Trinajstić information content (AvgIpc) is 2.40. The van der Waals surface area contributed by atoms with Crippen molar-refractivity contribution < 1.29 is 4.79 Å². The molecule has 0 aromatic heterocycles. The Hall–Kier alpha value is -0.570. The molecule has 1 heterocycles. The van der Waals surface area contributed by atoms with Crippen LogP contribution in [-0.4, -0.2) is 30.1 Å². The molecule has 0 radical (unpaired) electrons. The van der Waals surface area contributed by atoms with E-state index in [0.717, 1.165) is 19.5 Å². The summed E-state index contributed by atoms with van der Waals surface area (Å²) >= 11 is 0. The monoisotopic (exact) mass is 156 g/mol. The second-order valence-electron chi connectivity index (χ2n) is 2.92. The first-order chi connectivity index (χ1) is 5.29. The summed E-state index contributed by atoms with van der Waals surface area (Å²) in [5.41, 5.74) is 0. The summed E-state index contributed by atoms with van der Waals surface area (Å²) < 4.78 is 0. The van der Waals surface area contributed by atoms with Crippen LogP contribution >= 0.6 is 0 Å². The second kappa shape index (κ2) is 3.72. The summed E-state index contributed by atoms with van der Waals surface area (Å²) in [5, 5.41) is 3.05. The van der Waals surface area contributed by atoms with E-state index in [2.05, 4.69) is 19.2 Å². The van der Waals surface area contributed by atoms with Crippen LogP contribution in [-0.2, 0) is 4.79 Å². The maximum absolute atomic E-state index is 11.2. The van der Waals surface area contributed by atoms with Crippen molar-refractivity contribution >= 4 is 5.91 Å². The Bertz CT molecular complexity index is 143. The van der Waals surface area contributed by atoms with Gasteiger partial charge in [0, 0.05) is 6.04 Å². The summed E-state index contributed by atoms with van der Waals surface area (Å²) in [5.74, 6) is 0.249. The molecular formula is C8H16N2O. The van der Waals surface area contributed by atoms with Crippen molar-refractivity contribution in [1.82, 2.24) is 10.2 Å². The lowest BCUT2D eigenvalue weighted by molar-refractivity contribution is -0.128. The Kier molecular flexibility index (Phi) is 2.88. The van der Waals surface area contributed by atoms with Crippen LogP contribution in [0.3, 0.4) is 0 Å². The van der Waals surface area contributed by atoms with Crippen LogP contribution in [0.2, 0.25) is 0 Å². The molecule has 1 N–H and O–H groups in total. The third-order valence-corrected chi connectivity index (χ3v) is 2.26. The van der Waals surface area contributed by atoms with Gasteiger partial charge in [-0.3, -0.25) is 10.1 Å². The highest BCUT2D eigenvalue weighted by atomic mass is 16.2. The molecule has 64 valence electrons. The molecule has 0 saturated carbocycles. The first-order valence-electron chi connectivity index (χ1n) is 4.29. The Morgan fingerprint density at radius 3 is 2.55 bits per heavy atom. The van der Waals surface area contributed by atoms with Gasteiger partial charge in [0.15, 0.2) is 0 Å². The van der Waals surface area contributed by atoms with Crippen LogP contribution in [0.25, 0.3) is 0 Å². The van der Waals surface area contributed by atoms with Gasteiger partial charge in [-0.1, -0.05) is 13.8 Å².